The molecule has 1 fully saturated rings. The summed E-state index contributed by atoms with van der Waals surface area (Å²) in [5.74, 6) is 0. The largest absolute Gasteiger partial charge is 0.416 e. The number of ether oxygens (including phenoxy) is 1. The maximum atomic E-state index is 12.5. The molecule has 98 valence electrons. The molecule has 18 heavy (non-hydrogen) atoms. The van der Waals surface area contributed by atoms with E-state index < -0.39 is 11.7 Å². The van der Waals surface area contributed by atoms with Crippen LogP contribution in [0.5, 0.6) is 0 Å². The molecule has 0 bridgehead atoms. The molecule has 0 saturated carbocycles. The van der Waals surface area contributed by atoms with E-state index in [1.54, 1.807) is 12.1 Å². The van der Waals surface area contributed by atoms with Crippen LogP contribution in [-0.2, 0) is 10.9 Å². The standard InChI is InChI=1S/C13H14F3NO/c14-13(15,16)11-3-1-2-10(8-11)4-5-12-9-18-7-6-17-12/h1-5,8,12,17H,6-7,9H2/b5-4+. The van der Waals surface area contributed by atoms with Gasteiger partial charge in [0, 0.05) is 12.6 Å². The average Bonchev–Trinajstić information content (AvgIpc) is 2.37. The van der Waals surface area contributed by atoms with E-state index in [0.717, 1.165) is 18.7 Å². The topological polar surface area (TPSA) is 21.3 Å². The third kappa shape index (κ3) is 3.58. The Bertz CT molecular complexity index is 422. The third-order valence-corrected chi connectivity index (χ3v) is 2.69. The van der Waals surface area contributed by atoms with E-state index in [4.69, 9.17) is 4.74 Å². The molecule has 0 radical (unpaired) electrons. The fourth-order valence-corrected chi connectivity index (χ4v) is 1.76. The van der Waals surface area contributed by atoms with Gasteiger partial charge >= 0.3 is 6.18 Å². The Morgan fingerprint density at radius 3 is 2.83 bits per heavy atom. The highest BCUT2D eigenvalue weighted by molar-refractivity contribution is 5.51. The maximum absolute atomic E-state index is 12.5. The Hall–Kier alpha value is -1.33. The van der Waals surface area contributed by atoms with Crippen LogP contribution in [0.4, 0.5) is 13.2 Å². The number of nitrogens with one attached hydrogen (secondary N) is 1. The maximum Gasteiger partial charge on any atom is 0.416 e. The molecule has 0 aliphatic carbocycles. The third-order valence-electron chi connectivity index (χ3n) is 2.69. The van der Waals surface area contributed by atoms with Crippen LogP contribution in [0.25, 0.3) is 6.08 Å². The van der Waals surface area contributed by atoms with Crippen molar-refractivity contribution in [3.8, 4) is 0 Å². The Morgan fingerprint density at radius 2 is 2.17 bits per heavy atom. The Morgan fingerprint density at radius 1 is 1.33 bits per heavy atom. The van der Waals surface area contributed by atoms with Crippen LogP contribution >= 0.6 is 0 Å². The number of benzene rings is 1. The molecule has 0 aromatic heterocycles. The van der Waals surface area contributed by atoms with Gasteiger partial charge in [-0.2, -0.15) is 13.2 Å². The molecular weight excluding hydrogens is 243 g/mol. The number of rotatable bonds is 2. The minimum absolute atomic E-state index is 0.0632. The summed E-state index contributed by atoms with van der Waals surface area (Å²) in [6.45, 7) is 1.99. The Labute approximate surface area is 103 Å². The molecule has 5 heteroatoms. The van der Waals surface area contributed by atoms with Gasteiger partial charge in [-0.3, -0.25) is 0 Å². The minimum Gasteiger partial charge on any atom is -0.378 e. The highest BCUT2D eigenvalue weighted by Crippen LogP contribution is 2.29. The van der Waals surface area contributed by atoms with Crippen LogP contribution in [0.3, 0.4) is 0 Å². The van der Waals surface area contributed by atoms with Gasteiger partial charge in [-0.25, -0.2) is 0 Å². The lowest BCUT2D eigenvalue weighted by Crippen LogP contribution is -2.39. The summed E-state index contributed by atoms with van der Waals surface area (Å²) >= 11 is 0. The second kappa shape index (κ2) is 5.54. The first-order valence-corrected chi connectivity index (χ1v) is 5.72. The van der Waals surface area contributed by atoms with E-state index >= 15 is 0 Å². The van der Waals surface area contributed by atoms with Crippen LogP contribution in [0.15, 0.2) is 30.3 Å². The highest BCUT2D eigenvalue weighted by Gasteiger charge is 2.30. The van der Waals surface area contributed by atoms with Crippen molar-refractivity contribution in [2.24, 2.45) is 0 Å². The van der Waals surface area contributed by atoms with Crippen molar-refractivity contribution in [3.63, 3.8) is 0 Å². The summed E-state index contributed by atoms with van der Waals surface area (Å²) in [5.41, 5.74) is -0.0882. The Kier molecular flexibility index (Phi) is 4.04. The predicted octanol–water partition coefficient (Wildman–Crippen LogP) is 2.71. The van der Waals surface area contributed by atoms with E-state index in [1.807, 2.05) is 6.08 Å². The van der Waals surface area contributed by atoms with Gasteiger partial charge in [0.2, 0.25) is 0 Å². The summed E-state index contributed by atoms with van der Waals surface area (Å²) in [6, 6.07) is 5.33. The lowest BCUT2D eigenvalue weighted by Gasteiger charge is -2.20. The molecular formula is C13H14F3NO. The van der Waals surface area contributed by atoms with Crippen molar-refractivity contribution in [1.29, 1.82) is 0 Å². The lowest BCUT2D eigenvalue weighted by atomic mass is 10.1. The minimum atomic E-state index is -4.30. The predicted molar refractivity (Wildman–Crippen MR) is 63.1 cm³/mol. The zero-order valence-corrected chi connectivity index (χ0v) is 9.70. The molecule has 1 aromatic carbocycles. The van der Waals surface area contributed by atoms with Crippen LogP contribution in [0.2, 0.25) is 0 Å². The van der Waals surface area contributed by atoms with Gasteiger partial charge in [0.25, 0.3) is 0 Å². The Balaban J connectivity index is 2.07. The summed E-state index contributed by atoms with van der Waals surface area (Å²) < 4.78 is 42.8. The van der Waals surface area contributed by atoms with Gasteiger partial charge in [-0.05, 0) is 17.7 Å². The summed E-state index contributed by atoms with van der Waals surface area (Å²) in [4.78, 5) is 0. The van der Waals surface area contributed by atoms with Crippen LogP contribution < -0.4 is 5.32 Å². The van der Waals surface area contributed by atoms with E-state index in [0.29, 0.717) is 18.8 Å². The number of halogens is 3. The fraction of sp³-hybridized carbons (Fsp3) is 0.385. The smallest absolute Gasteiger partial charge is 0.378 e. The fourth-order valence-electron chi connectivity index (χ4n) is 1.76. The first-order valence-electron chi connectivity index (χ1n) is 5.72. The van der Waals surface area contributed by atoms with Gasteiger partial charge in [0.1, 0.15) is 0 Å². The highest BCUT2D eigenvalue weighted by atomic mass is 19.4. The van der Waals surface area contributed by atoms with Gasteiger partial charge < -0.3 is 10.1 Å². The molecule has 0 spiro atoms. The summed E-state index contributed by atoms with van der Waals surface area (Å²) in [6.07, 6.45) is -0.785. The molecule has 2 rings (SSSR count). The molecule has 1 aromatic rings. The van der Waals surface area contributed by atoms with Crippen molar-refractivity contribution in [2.45, 2.75) is 12.2 Å². The molecule has 1 heterocycles. The van der Waals surface area contributed by atoms with E-state index in [1.165, 1.54) is 6.07 Å². The summed E-state index contributed by atoms with van der Waals surface area (Å²) in [7, 11) is 0. The van der Waals surface area contributed by atoms with Gasteiger partial charge in [0.15, 0.2) is 0 Å². The first-order chi connectivity index (χ1) is 8.55. The number of hydrogen-bond donors (Lipinski definition) is 1. The summed E-state index contributed by atoms with van der Waals surface area (Å²) in [5, 5.41) is 3.20. The molecule has 0 amide bonds. The van der Waals surface area contributed by atoms with E-state index in [9.17, 15) is 13.2 Å². The first kappa shape index (κ1) is 13.1. The van der Waals surface area contributed by atoms with Crippen LogP contribution in [0.1, 0.15) is 11.1 Å². The second-order valence-electron chi connectivity index (χ2n) is 4.12. The average molecular weight is 257 g/mol. The van der Waals surface area contributed by atoms with Crippen molar-refractivity contribution >= 4 is 6.08 Å². The molecule has 2 nitrogen and oxygen atoms in total. The van der Waals surface area contributed by atoms with Crippen LogP contribution in [-0.4, -0.2) is 25.8 Å². The van der Waals surface area contributed by atoms with E-state index in [2.05, 4.69) is 5.32 Å². The molecule has 1 aliphatic heterocycles. The van der Waals surface area contributed by atoms with Crippen LogP contribution in [0, 0.1) is 0 Å². The zero-order valence-electron chi connectivity index (χ0n) is 9.70. The van der Waals surface area contributed by atoms with E-state index in [-0.39, 0.29) is 6.04 Å². The van der Waals surface area contributed by atoms with Crippen molar-refractivity contribution in [3.05, 3.63) is 41.5 Å². The SMILES string of the molecule is FC(F)(F)c1cccc(/C=C/C2COCCN2)c1. The monoisotopic (exact) mass is 257 g/mol. The van der Waals surface area contributed by atoms with Gasteiger partial charge in [0.05, 0.1) is 18.8 Å². The lowest BCUT2D eigenvalue weighted by molar-refractivity contribution is -0.137. The number of alkyl halides is 3. The second-order valence-corrected chi connectivity index (χ2v) is 4.12. The zero-order chi connectivity index (χ0) is 13.0. The van der Waals surface area contributed by atoms with Crippen molar-refractivity contribution in [2.75, 3.05) is 19.8 Å². The van der Waals surface area contributed by atoms with Gasteiger partial charge in [-0.1, -0.05) is 24.3 Å². The normalized spacial score (nSPS) is 21.4. The molecule has 1 unspecified atom stereocenters. The quantitative estimate of drug-likeness (QED) is 0.879. The molecule has 1 saturated heterocycles. The van der Waals surface area contributed by atoms with Gasteiger partial charge in [-0.15, -0.1) is 0 Å². The molecule has 1 atom stereocenters. The molecule has 1 N–H and O–H groups in total. The number of hydrogen-bond acceptors (Lipinski definition) is 2. The van der Waals surface area contributed by atoms with Crippen molar-refractivity contribution in [1.82, 2.24) is 5.32 Å². The van der Waals surface area contributed by atoms with Crippen molar-refractivity contribution < 1.29 is 17.9 Å². The number of morpholine rings is 1. The molecule has 1 aliphatic rings.